The highest BCUT2D eigenvalue weighted by Crippen LogP contribution is 2.19. The number of anilines is 1. The van der Waals surface area contributed by atoms with Crippen LogP contribution in [-0.4, -0.2) is 33.6 Å². The molecule has 0 saturated carbocycles. The third kappa shape index (κ3) is 4.64. The van der Waals surface area contributed by atoms with Crippen molar-refractivity contribution in [2.45, 2.75) is 32.9 Å². The molecule has 0 fully saturated rings. The Morgan fingerprint density at radius 1 is 1.32 bits per heavy atom. The van der Waals surface area contributed by atoms with Gasteiger partial charge in [0.15, 0.2) is 5.76 Å². The van der Waals surface area contributed by atoms with Gasteiger partial charge in [-0.15, -0.1) is 10.2 Å². The molecular formula is C20H21N5O3. The van der Waals surface area contributed by atoms with Gasteiger partial charge < -0.3 is 14.2 Å². The summed E-state index contributed by atoms with van der Waals surface area (Å²) in [6.07, 6.45) is 2.40. The number of carbonyl (C=O) groups is 1. The van der Waals surface area contributed by atoms with Crippen LogP contribution in [0.3, 0.4) is 0 Å². The smallest absolute Gasteiger partial charge is 0.283 e. The summed E-state index contributed by atoms with van der Waals surface area (Å²) in [5, 5.41) is 19.9. The molecule has 28 heavy (non-hydrogen) atoms. The Kier molecular flexibility index (Phi) is 6.19. The lowest BCUT2D eigenvalue weighted by atomic mass is 10.2. The van der Waals surface area contributed by atoms with Gasteiger partial charge in [-0.3, -0.25) is 9.69 Å². The van der Waals surface area contributed by atoms with E-state index in [0.29, 0.717) is 41.9 Å². The first-order valence-corrected chi connectivity index (χ1v) is 9.02. The molecule has 0 aliphatic carbocycles. The maximum Gasteiger partial charge on any atom is 0.283 e. The molecule has 8 heteroatoms. The number of furan rings is 1. The maximum absolute atomic E-state index is 12.7. The molecule has 144 valence electrons. The highest BCUT2D eigenvalue weighted by Gasteiger charge is 2.23. The molecule has 0 spiro atoms. The molecule has 0 aliphatic rings. The van der Waals surface area contributed by atoms with Gasteiger partial charge in [-0.1, -0.05) is 13.0 Å². The van der Waals surface area contributed by atoms with Crippen LogP contribution < -0.4 is 5.32 Å². The van der Waals surface area contributed by atoms with Gasteiger partial charge in [-0.25, -0.2) is 0 Å². The van der Waals surface area contributed by atoms with Crippen molar-refractivity contribution < 1.29 is 13.6 Å². The van der Waals surface area contributed by atoms with Gasteiger partial charge in [0, 0.05) is 5.69 Å². The molecule has 0 radical (unpaired) electrons. The number of benzene rings is 1. The molecule has 1 N–H and O–H groups in total. The van der Waals surface area contributed by atoms with E-state index in [1.165, 1.54) is 6.26 Å². The Labute approximate surface area is 162 Å². The zero-order valence-corrected chi connectivity index (χ0v) is 15.8. The fraction of sp³-hybridized carbons (Fsp3) is 0.300. The van der Waals surface area contributed by atoms with E-state index in [9.17, 15) is 4.79 Å². The third-order valence-corrected chi connectivity index (χ3v) is 4.23. The molecule has 2 heterocycles. The van der Waals surface area contributed by atoms with Crippen molar-refractivity contribution in [3.05, 3.63) is 54.1 Å². The van der Waals surface area contributed by atoms with Gasteiger partial charge in [0.2, 0.25) is 11.8 Å². The second kappa shape index (κ2) is 8.97. The summed E-state index contributed by atoms with van der Waals surface area (Å²) in [7, 11) is 0. The minimum absolute atomic E-state index is 0.172. The topological polar surface area (TPSA) is 108 Å². The highest BCUT2D eigenvalue weighted by atomic mass is 16.4. The van der Waals surface area contributed by atoms with E-state index in [0.717, 1.165) is 6.42 Å². The zero-order valence-electron chi connectivity index (χ0n) is 15.8. The van der Waals surface area contributed by atoms with E-state index >= 15 is 0 Å². The predicted molar refractivity (Wildman–Crippen MR) is 102 cm³/mol. The van der Waals surface area contributed by atoms with Crippen LogP contribution in [0.1, 0.15) is 31.7 Å². The predicted octanol–water partition coefficient (Wildman–Crippen LogP) is 3.44. The number of amides is 1. The van der Waals surface area contributed by atoms with Crippen LogP contribution in [-0.2, 0) is 11.3 Å². The maximum atomic E-state index is 12.7. The second-order valence-electron chi connectivity index (χ2n) is 6.31. The van der Waals surface area contributed by atoms with Crippen molar-refractivity contribution in [1.29, 1.82) is 5.26 Å². The molecule has 1 aromatic carbocycles. The minimum atomic E-state index is -0.426. The summed E-state index contributed by atoms with van der Waals surface area (Å²) in [4.78, 5) is 14.7. The van der Waals surface area contributed by atoms with Crippen molar-refractivity contribution in [3.63, 3.8) is 0 Å². The molecule has 0 unspecified atom stereocenters. The number of aromatic nitrogens is 2. The number of hydrogen-bond acceptors (Lipinski definition) is 7. The van der Waals surface area contributed by atoms with Crippen LogP contribution in [0.25, 0.3) is 11.7 Å². The number of rotatable bonds is 8. The largest absolute Gasteiger partial charge is 0.459 e. The molecule has 3 aromatic rings. The average Bonchev–Trinajstić information content (AvgIpc) is 3.39. The number of carbonyl (C=O) groups excluding carboxylic acids is 1. The number of nitrogens with one attached hydrogen (secondary N) is 1. The van der Waals surface area contributed by atoms with Crippen LogP contribution in [0, 0.1) is 11.3 Å². The second-order valence-corrected chi connectivity index (χ2v) is 6.31. The number of nitrogens with zero attached hydrogens (tertiary/aromatic N) is 4. The Morgan fingerprint density at radius 2 is 2.18 bits per heavy atom. The lowest BCUT2D eigenvalue weighted by Gasteiger charge is -2.26. The van der Waals surface area contributed by atoms with E-state index in [-0.39, 0.29) is 5.91 Å². The zero-order chi connectivity index (χ0) is 19.9. The normalized spacial score (nSPS) is 11.9. The van der Waals surface area contributed by atoms with Gasteiger partial charge in [0.05, 0.1) is 30.5 Å². The van der Waals surface area contributed by atoms with E-state index in [2.05, 4.69) is 21.6 Å². The Morgan fingerprint density at radius 3 is 2.89 bits per heavy atom. The van der Waals surface area contributed by atoms with Gasteiger partial charge in [-0.05, 0) is 50.2 Å². The van der Waals surface area contributed by atoms with E-state index < -0.39 is 6.04 Å². The molecule has 1 amide bonds. The van der Waals surface area contributed by atoms with Crippen molar-refractivity contribution in [1.82, 2.24) is 15.1 Å². The molecule has 0 aliphatic heterocycles. The van der Waals surface area contributed by atoms with Crippen LogP contribution in [0.15, 0.2) is 51.5 Å². The van der Waals surface area contributed by atoms with Gasteiger partial charge in [0.25, 0.3) is 5.89 Å². The van der Waals surface area contributed by atoms with Crippen molar-refractivity contribution in [2.24, 2.45) is 0 Å². The van der Waals surface area contributed by atoms with Crippen molar-refractivity contribution in [2.75, 3.05) is 11.9 Å². The van der Waals surface area contributed by atoms with Gasteiger partial charge in [0.1, 0.15) is 0 Å². The number of hydrogen-bond donors (Lipinski definition) is 1. The lowest BCUT2D eigenvalue weighted by molar-refractivity contribution is -0.121. The van der Waals surface area contributed by atoms with Crippen LogP contribution in [0.2, 0.25) is 0 Å². The first-order chi connectivity index (χ1) is 13.6. The quantitative estimate of drug-likeness (QED) is 0.638. The summed E-state index contributed by atoms with van der Waals surface area (Å²) in [5.74, 6) is 1.05. The van der Waals surface area contributed by atoms with Crippen LogP contribution in [0.5, 0.6) is 0 Å². The molecule has 0 bridgehead atoms. The summed E-state index contributed by atoms with van der Waals surface area (Å²) < 4.78 is 10.9. The lowest BCUT2D eigenvalue weighted by Crippen LogP contribution is -2.42. The SMILES string of the molecule is CCCN(Cc1nnc(-c2ccco2)o1)[C@@H](C)C(=O)Nc1cccc(C#N)c1. The summed E-state index contributed by atoms with van der Waals surface area (Å²) >= 11 is 0. The minimum Gasteiger partial charge on any atom is -0.459 e. The highest BCUT2D eigenvalue weighted by molar-refractivity contribution is 5.94. The van der Waals surface area contributed by atoms with Crippen LogP contribution in [0.4, 0.5) is 5.69 Å². The first kappa shape index (κ1) is 19.3. The third-order valence-electron chi connectivity index (χ3n) is 4.23. The first-order valence-electron chi connectivity index (χ1n) is 9.02. The molecule has 0 saturated heterocycles. The fourth-order valence-corrected chi connectivity index (χ4v) is 2.77. The fourth-order valence-electron chi connectivity index (χ4n) is 2.77. The average molecular weight is 379 g/mol. The molecule has 8 nitrogen and oxygen atoms in total. The van der Waals surface area contributed by atoms with E-state index in [4.69, 9.17) is 14.1 Å². The summed E-state index contributed by atoms with van der Waals surface area (Å²) in [6, 6.07) is 11.9. The Bertz CT molecular complexity index is 958. The Hall–Kier alpha value is -3.44. The monoisotopic (exact) mass is 379 g/mol. The summed E-state index contributed by atoms with van der Waals surface area (Å²) in [5.41, 5.74) is 1.08. The van der Waals surface area contributed by atoms with E-state index in [1.807, 2.05) is 18.7 Å². The molecule has 3 rings (SSSR count). The van der Waals surface area contributed by atoms with Gasteiger partial charge >= 0.3 is 0 Å². The molecule has 2 aromatic heterocycles. The van der Waals surface area contributed by atoms with E-state index in [1.54, 1.807) is 36.4 Å². The van der Waals surface area contributed by atoms with Crippen molar-refractivity contribution >= 4 is 11.6 Å². The molecule has 1 atom stereocenters. The number of nitriles is 1. The van der Waals surface area contributed by atoms with Crippen LogP contribution >= 0.6 is 0 Å². The molecular weight excluding hydrogens is 358 g/mol. The summed E-state index contributed by atoms with van der Waals surface area (Å²) in [6.45, 7) is 4.89. The van der Waals surface area contributed by atoms with Crippen molar-refractivity contribution in [3.8, 4) is 17.7 Å². The standard InChI is InChI=1S/C20H21N5O3/c1-3-9-25(13-18-23-24-20(28-18)17-8-5-10-27-17)14(2)19(26)22-16-7-4-6-15(11-16)12-21/h4-8,10-11,14H,3,9,13H2,1-2H3,(H,22,26)/t14-/m0/s1. The van der Waals surface area contributed by atoms with Gasteiger partial charge in [-0.2, -0.15) is 5.26 Å². The Balaban J connectivity index is 1.68.